The molecule has 0 radical (unpaired) electrons. The van der Waals surface area contributed by atoms with Gasteiger partial charge in [-0.05, 0) is 5.56 Å². The summed E-state index contributed by atoms with van der Waals surface area (Å²) in [4.78, 5) is 11.9. The lowest BCUT2D eigenvalue weighted by atomic mass is 10.0. The zero-order valence-electron chi connectivity index (χ0n) is 12.9. The zero-order valence-corrected chi connectivity index (χ0v) is 12.9. The predicted molar refractivity (Wildman–Crippen MR) is 87.1 cm³/mol. The minimum absolute atomic E-state index is 0.0564. The molecule has 6 heteroatoms. The molecular formula is C17H20N4O2. The van der Waals surface area contributed by atoms with Crippen LogP contribution in [0.25, 0.3) is 5.57 Å². The van der Waals surface area contributed by atoms with Gasteiger partial charge in [0, 0.05) is 25.2 Å². The summed E-state index contributed by atoms with van der Waals surface area (Å²) in [5.74, 6) is 0.623. The van der Waals surface area contributed by atoms with E-state index in [0.717, 1.165) is 25.2 Å². The molecule has 6 nitrogen and oxygen atoms in total. The van der Waals surface area contributed by atoms with Gasteiger partial charge in [-0.15, -0.1) is 6.58 Å². The van der Waals surface area contributed by atoms with Gasteiger partial charge in [-0.25, -0.2) is 0 Å². The molecule has 0 aliphatic carbocycles. The van der Waals surface area contributed by atoms with E-state index in [4.69, 9.17) is 9.36 Å². The van der Waals surface area contributed by atoms with Crippen LogP contribution in [0.3, 0.4) is 0 Å². The second kappa shape index (κ2) is 7.82. The van der Waals surface area contributed by atoms with Gasteiger partial charge in [0.25, 0.3) is 0 Å². The highest BCUT2D eigenvalue weighted by molar-refractivity contribution is 5.62. The minimum atomic E-state index is 0.0564. The Labute approximate surface area is 135 Å². The van der Waals surface area contributed by atoms with E-state index in [1.807, 2.05) is 6.07 Å². The number of nitrogens with one attached hydrogen (secondary N) is 1. The van der Waals surface area contributed by atoms with E-state index >= 15 is 0 Å². The molecule has 1 aromatic heterocycles. The zero-order chi connectivity index (χ0) is 15.9. The van der Waals surface area contributed by atoms with E-state index in [2.05, 4.69) is 57.4 Å². The van der Waals surface area contributed by atoms with Gasteiger partial charge in [-0.3, -0.25) is 9.74 Å². The van der Waals surface area contributed by atoms with Crippen LogP contribution >= 0.6 is 0 Å². The molecule has 2 aromatic rings. The summed E-state index contributed by atoms with van der Waals surface area (Å²) in [6.45, 7) is 6.57. The topological polar surface area (TPSA) is 63.4 Å². The van der Waals surface area contributed by atoms with Crippen molar-refractivity contribution >= 4 is 5.57 Å². The highest BCUT2D eigenvalue weighted by Gasteiger charge is 2.23. The maximum Gasteiger partial charge on any atom is 0.214 e. The lowest BCUT2D eigenvalue weighted by Gasteiger charge is -2.31. The average Bonchev–Trinajstić information content (AvgIpc) is 3.10. The third kappa shape index (κ3) is 4.35. The van der Waals surface area contributed by atoms with E-state index < -0.39 is 0 Å². The Morgan fingerprint density at radius 2 is 2.26 bits per heavy atom. The molecular weight excluding hydrogens is 292 g/mol. The summed E-state index contributed by atoms with van der Waals surface area (Å²) in [6.07, 6.45) is 5.15. The molecule has 1 N–H and O–H groups in total. The van der Waals surface area contributed by atoms with Crippen LogP contribution in [0.5, 0.6) is 0 Å². The van der Waals surface area contributed by atoms with Crippen molar-refractivity contribution in [2.45, 2.75) is 12.6 Å². The fourth-order valence-corrected chi connectivity index (χ4v) is 2.64. The molecule has 3 rings (SSSR count). The molecule has 0 saturated heterocycles. The minimum Gasteiger partial charge on any atom is -0.342 e. The Hall–Kier alpha value is -2.28. The average molecular weight is 312 g/mol. The largest absolute Gasteiger partial charge is 0.342 e. The number of rotatable bonds is 7. The maximum atomic E-state index is 5.38. The molecule has 0 saturated carbocycles. The second-order valence-electron chi connectivity index (χ2n) is 5.43. The maximum absolute atomic E-state index is 5.38. The first-order chi connectivity index (χ1) is 11.3. The predicted octanol–water partition coefficient (Wildman–Crippen LogP) is 2.04. The molecule has 0 amide bonds. The first-order valence-electron chi connectivity index (χ1n) is 7.57. The Kier molecular flexibility index (Phi) is 5.31. The summed E-state index contributed by atoms with van der Waals surface area (Å²) < 4.78 is 4.87. The fourth-order valence-electron chi connectivity index (χ4n) is 2.64. The third-order valence-electron chi connectivity index (χ3n) is 3.58. The standard InChI is InChI=1S/C17H20N4O2/c1-2-8-22-19-16-9-15(17-18-13-23-20-17)11-21(12-16)10-14-6-4-3-5-7-14/h2-7,9,13,16,19H,1,8,10-12H2. The summed E-state index contributed by atoms with van der Waals surface area (Å²) >= 11 is 0. The first-order valence-corrected chi connectivity index (χ1v) is 7.57. The number of hydrogen-bond acceptors (Lipinski definition) is 6. The lowest BCUT2D eigenvalue weighted by molar-refractivity contribution is 0.0351. The number of benzene rings is 1. The summed E-state index contributed by atoms with van der Waals surface area (Å²) in [5.41, 5.74) is 5.35. The molecule has 1 unspecified atom stereocenters. The van der Waals surface area contributed by atoms with E-state index in [1.165, 1.54) is 12.0 Å². The monoisotopic (exact) mass is 312 g/mol. The quantitative estimate of drug-likeness (QED) is 0.479. The molecule has 1 aliphatic rings. The summed E-state index contributed by atoms with van der Waals surface area (Å²) in [6, 6.07) is 10.4. The van der Waals surface area contributed by atoms with Gasteiger partial charge in [0.15, 0.2) is 5.82 Å². The normalized spacial score (nSPS) is 18.6. The van der Waals surface area contributed by atoms with Crippen LogP contribution in [0.15, 0.2) is 60.0 Å². The highest BCUT2D eigenvalue weighted by atomic mass is 16.6. The first kappa shape index (κ1) is 15.6. The molecule has 23 heavy (non-hydrogen) atoms. The number of nitrogens with zero attached hydrogens (tertiary/aromatic N) is 3. The molecule has 0 spiro atoms. The van der Waals surface area contributed by atoms with Gasteiger partial charge in [0.1, 0.15) is 0 Å². The molecule has 1 aliphatic heterocycles. The molecule has 1 aromatic carbocycles. The van der Waals surface area contributed by atoms with Crippen molar-refractivity contribution in [3.8, 4) is 0 Å². The van der Waals surface area contributed by atoms with Crippen molar-refractivity contribution in [3.63, 3.8) is 0 Å². The van der Waals surface area contributed by atoms with Crippen LogP contribution < -0.4 is 5.48 Å². The Balaban J connectivity index is 1.72. The Bertz CT molecular complexity index is 640. The van der Waals surface area contributed by atoms with Crippen molar-refractivity contribution in [3.05, 3.63) is 66.8 Å². The van der Waals surface area contributed by atoms with Crippen LogP contribution in [0.4, 0.5) is 0 Å². The van der Waals surface area contributed by atoms with E-state index in [0.29, 0.717) is 12.4 Å². The third-order valence-corrected chi connectivity index (χ3v) is 3.58. The van der Waals surface area contributed by atoms with Crippen LogP contribution in [-0.4, -0.2) is 40.8 Å². The molecule has 0 bridgehead atoms. The number of hydroxylamine groups is 1. The molecule has 2 heterocycles. The Morgan fingerprint density at radius 3 is 3.00 bits per heavy atom. The Morgan fingerprint density at radius 1 is 1.39 bits per heavy atom. The van der Waals surface area contributed by atoms with Gasteiger partial charge in [-0.1, -0.05) is 47.6 Å². The van der Waals surface area contributed by atoms with Gasteiger partial charge in [-0.2, -0.15) is 10.5 Å². The van der Waals surface area contributed by atoms with Crippen LogP contribution in [-0.2, 0) is 11.4 Å². The van der Waals surface area contributed by atoms with Crippen molar-refractivity contribution in [1.29, 1.82) is 0 Å². The van der Waals surface area contributed by atoms with Crippen molar-refractivity contribution in [1.82, 2.24) is 20.5 Å². The van der Waals surface area contributed by atoms with Gasteiger partial charge >= 0.3 is 0 Å². The van der Waals surface area contributed by atoms with E-state index in [1.54, 1.807) is 6.08 Å². The van der Waals surface area contributed by atoms with Crippen LogP contribution in [0.1, 0.15) is 11.4 Å². The van der Waals surface area contributed by atoms with Gasteiger partial charge in [0.05, 0.1) is 12.6 Å². The van der Waals surface area contributed by atoms with Crippen molar-refractivity contribution in [2.24, 2.45) is 0 Å². The van der Waals surface area contributed by atoms with Crippen molar-refractivity contribution < 1.29 is 9.36 Å². The van der Waals surface area contributed by atoms with Gasteiger partial charge in [0.2, 0.25) is 6.39 Å². The molecule has 120 valence electrons. The van der Waals surface area contributed by atoms with Crippen molar-refractivity contribution in [2.75, 3.05) is 19.7 Å². The molecule has 0 fully saturated rings. The lowest BCUT2D eigenvalue weighted by Crippen LogP contribution is -2.43. The number of aromatic nitrogens is 2. The SMILES string of the molecule is C=CCONC1C=C(c2ncon2)CN(Cc2ccccc2)C1. The fraction of sp³-hybridized carbons (Fsp3) is 0.294. The van der Waals surface area contributed by atoms with E-state index in [-0.39, 0.29) is 6.04 Å². The number of hydrogen-bond donors (Lipinski definition) is 1. The molecule has 1 atom stereocenters. The smallest absolute Gasteiger partial charge is 0.214 e. The van der Waals surface area contributed by atoms with Crippen LogP contribution in [0.2, 0.25) is 0 Å². The second-order valence-corrected chi connectivity index (χ2v) is 5.43. The van der Waals surface area contributed by atoms with Crippen LogP contribution in [0, 0.1) is 0 Å². The van der Waals surface area contributed by atoms with E-state index in [9.17, 15) is 0 Å². The summed E-state index contributed by atoms with van der Waals surface area (Å²) in [5, 5.41) is 3.95. The summed E-state index contributed by atoms with van der Waals surface area (Å²) in [7, 11) is 0. The highest BCUT2D eigenvalue weighted by Crippen LogP contribution is 2.19. The van der Waals surface area contributed by atoms with Gasteiger partial charge < -0.3 is 4.52 Å².